The second-order valence-electron chi connectivity index (χ2n) is 8.39. The molecule has 0 saturated heterocycles. The number of ketones is 1. The maximum absolute atomic E-state index is 13.7. The van der Waals surface area contributed by atoms with E-state index in [1.165, 1.54) is 9.12 Å². The maximum atomic E-state index is 13.7. The summed E-state index contributed by atoms with van der Waals surface area (Å²) in [6, 6.07) is 11.3. The quantitative estimate of drug-likeness (QED) is 0.169. The van der Waals surface area contributed by atoms with Gasteiger partial charge in [-0.2, -0.15) is 0 Å². The standard InChI is InChI=1S/C27H36O3.H2OP/c1-7-9-13-22(8-2)17-30-27(29)25(23-14-11-10-12-15-23)26(28)24-19(4)16-18(3)20(5)21(24)6;1-2/h10-12,14-16,22,25H,7-9,13,17H2,1-6H3;2H2/q;+1. The molecule has 174 valence electrons. The van der Waals surface area contributed by atoms with Gasteiger partial charge in [0.25, 0.3) is 0 Å². The van der Waals surface area contributed by atoms with Crippen LogP contribution in [0.5, 0.6) is 0 Å². The van der Waals surface area contributed by atoms with E-state index in [1.54, 1.807) is 0 Å². The van der Waals surface area contributed by atoms with Crippen LogP contribution in [0.3, 0.4) is 0 Å². The summed E-state index contributed by atoms with van der Waals surface area (Å²) in [4.78, 5) is 26.9. The smallest absolute Gasteiger partial charge is 0.321 e. The molecule has 2 aromatic rings. The highest BCUT2D eigenvalue weighted by molar-refractivity contribution is 7.00. The van der Waals surface area contributed by atoms with E-state index in [4.69, 9.17) is 9.30 Å². The van der Waals surface area contributed by atoms with Crippen LogP contribution < -0.4 is 0 Å². The van der Waals surface area contributed by atoms with Crippen LogP contribution in [0.25, 0.3) is 0 Å². The second-order valence-corrected chi connectivity index (χ2v) is 8.39. The first-order chi connectivity index (χ1) is 15.3. The van der Waals surface area contributed by atoms with E-state index in [0.717, 1.165) is 47.9 Å². The van der Waals surface area contributed by atoms with Crippen LogP contribution in [-0.4, -0.2) is 18.4 Å². The van der Waals surface area contributed by atoms with Crippen LogP contribution in [0.2, 0.25) is 0 Å². The number of unbranched alkanes of at least 4 members (excludes halogenated alkanes) is 1. The number of carbonyl (C=O) groups excluding carboxylic acids is 2. The number of aryl methyl sites for hydroxylation is 2. The average Bonchev–Trinajstić information content (AvgIpc) is 2.80. The number of ether oxygens (including phenoxy) is 1. The average molecular weight is 458 g/mol. The third-order valence-electron chi connectivity index (χ3n) is 6.24. The highest BCUT2D eigenvalue weighted by Crippen LogP contribution is 2.29. The molecule has 0 aliphatic rings. The lowest BCUT2D eigenvalue weighted by Gasteiger charge is -2.21. The summed E-state index contributed by atoms with van der Waals surface area (Å²) >= 11 is 0. The van der Waals surface area contributed by atoms with E-state index in [9.17, 15) is 9.59 Å². The monoisotopic (exact) mass is 457 g/mol. The van der Waals surface area contributed by atoms with Crippen molar-refractivity contribution in [3.05, 3.63) is 69.8 Å². The number of benzene rings is 2. The van der Waals surface area contributed by atoms with Crippen molar-refractivity contribution in [1.29, 1.82) is 0 Å². The largest absolute Gasteiger partial charge is 0.465 e. The summed E-state index contributed by atoms with van der Waals surface area (Å²) in [6.07, 6.45) is 4.26. The lowest BCUT2D eigenvalue weighted by atomic mass is 9.84. The van der Waals surface area contributed by atoms with Crippen molar-refractivity contribution in [3.63, 3.8) is 0 Å². The van der Waals surface area contributed by atoms with Gasteiger partial charge in [-0.25, -0.2) is 0 Å². The zero-order valence-electron chi connectivity index (χ0n) is 20.4. The molecular weight excluding hydrogens is 419 g/mol. The lowest BCUT2D eigenvalue weighted by Crippen LogP contribution is -2.27. The predicted molar refractivity (Wildman–Crippen MR) is 134 cm³/mol. The van der Waals surface area contributed by atoms with Crippen molar-refractivity contribution in [2.75, 3.05) is 6.61 Å². The molecule has 4 nitrogen and oxygen atoms in total. The molecule has 2 aromatic carbocycles. The molecule has 0 heterocycles. The Bertz CT molecular complexity index is 892. The van der Waals surface area contributed by atoms with Crippen molar-refractivity contribution in [3.8, 4) is 0 Å². The fraction of sp³-hybridized carbons (Fsp3) is 0.481. The number of hydrogen-bond donors (Lipinski definition) is 0. The molecule has 0 bridgehead atoms. The summed E-state index contributed by atoms with van der Waals surface area (Å²) in [5.74, 6) is -1.22. The van der Waals surface area contributed by atoms with Gasteiger partial charge in [0.2, 0.25) is 0 Å². The number of Topliss-reactive ketones (excluding diaryl/α,β-unsaturated/α-hetero) is 1. The zero-order chi connectivity index (χ0) is 24.3. The Morgan fingerprint density at radius 3 is 2.12 bits per heavy atom. The van der Waals surface area contributed by atoms with Gasteiger partial charge in [0.1, 0.15) is 5.92 Å². The van der Waals surface area contributed by atoms with E-state index in [2.05, 4.69) is 13.8 Å². The van der Waals surface area contributed by atoms with E-state index in [1.807, 2.05) is 64.1 Å². The Labute approximate surface area is 195 Å². The molecule has 3 unspecified atom stereocenters. The third kappa shape index (κ3) is 7.10. The van der Waals surface area contributed by atoms with Crippen molar-refractivity contribution in [2.45, 2.75) is 73.1 Å². The predicted octanol–water partition coefficient (Wildman–Crippen LogP) is 6.85. The molecule has 0 aromatic heterocycles. The minimum Gasteiger partial charge on any atom is -0.465 e. The Kier molecular flexibility index (Phi) is 12.1. The number of hydrogen-bond acceptors (Lipinski definition) is 4. The summed E-state index contributed by atoms with van der Waals surface area (Å²) in [5, 5.41) is 0. The van der Waals surface area contributed by atoms with Gasteiger partial charge in [-0.15, -0.1) is 0 Å². The number of rotatable bonds is 10. The van der Waals surface area contributed by atoms with Crippen LogP contribution in [-0.2, 0) is 14.1 Å². The first-order valence-corrected chi connectivity index (χ1v) is 11.9. The van der Waals surface area contributed by atoms with Gasteiger partial charge in [0.05, 0.1) is 6.61 Å². The van der Waals surface area contributed by atoms with Crippen molar-refractivity contribution in [2.24, 2.45) is 5.92 Å². The van der Waals surface area contributed by atoms with Crippen LogP contribution in [0, 0.1) is 33.6 Å². The van der Waals surface area contributed by atoms with Crippen molar-refractivity contribution in [1.82, 2.24) is 0 Å². The summed E-state index contributed by atoms with van der Waals surface area (Å²) in [7, 11) is 1.17. The van der Waals surface area contributed by atoms with Gasteiger partial charge in [0, 0.05) is 5.56 Å². The van der Waals surface area contributed by atoms with Crippen LogP contribution in [0.4, 0.5) is 0 Å². The van der Waals surface area contributed by atoms with E-state index < -0.39 is 11.9 Å². The number of esters is 1. The molecule has 32 heavy (non-hydrogen) atoms. The topological polar surface area (TPSA) is 60.4 Å². The fourth-order valence-corrected chi connectivity index (χ4v) is 4.03. The molecule has 0 aliphatic heterocycles. The SMILES string of the molecule is CCCCC(CC)COC(=O)C(C(=O)c1c(C)cc(C)c(C)c1C)c1ccccc1.O=[PH2+]. The van der Waals surface area contributed by atoms with Gasteiger partial charge < -0.3 is 4.74 Å². The first kappa shape index (κ1) is 27.7. The minimum atomic E-state index is -0.936. The molecular formula is C27H38O4P+. The fourth-order valence-electron chi connectivity index (χ4n) is 4.03. The summed E-state index contributed by atoms with van der Waals surface area (Å²) in [6.45, 7) is 12.6. The van der Waals surface area contributed by atoms with E-state index in [0.29, 0.717) is 23.7 Å². The molecule has 0 saturated carbocycles. The molecule has 0 radical (unpaired) electrons. The molecule has 0 spiro atoms. The zero-order valence-corrected chi connectivity index (χ0v) is 21.5. The molecule has 2 rings (SSSR count). The van der Waals surface area contributed by atoms with Crippen molar-refractivity contribution >= 4 is 20.9 Å². The molecule has 3 atom stereocenters. The van der Waals surface area contributed by atoms with Gasteiger partial charge in [-0.3, -0.25) is 9.59 Å². The summed E-state index contributed by atoms with van der Waals surface area (Å²) < 4.78 is 13.9. The van der Waals surface area contributed by atoms with E-state index >= 15 is 0 Å². The molecule has 0 fully saturated rings. The maximum Gasteiger partial charge on any atom is 0.321 e. The Morgan fingerprint density at radius 1 is 0.938 bits per heavy atom. The normalized spacial score (nSPS) is 12.3. The van der Waals surface area contributed by atoms with Gasteiger partial charge in [-0.05, 0) is 67.9 Å². The first-order valence-electron chi connectivity index (χ1n) is 11.4. The highest BCUT2D eigenvalue weighted by Gasteiger charge is 2.33. The molecule has 0 N–H and O–H groups in total. The van der Waals surface area contributed by atoms with E-state index in [-0.39, 0.29) is 5.78 Å². The van der Waals surface area contributed by atoms with Crippen molar-refractivity contribution < 1.29 is 18.9 Å². The summed E-state index contributed by atoms with van der Waals surface area (Å²) in [5.41, 5.74) is 5.43. The van der Waals surface area contributed by atoms with Gasteiger partial charge in [0.15, 0.2) is 5.78 Å². The molecule has 0 amide bonds. The Hall–Kier alpha value is -2.32. The molecule has 0 aliphatic carbocycles. The number of carbonyl (C=O) groups is 2. The van der Waals surface area contributed by atoms with Gasteiger partial charge >= 0.3 is 15.1 Å². The second kappa shape index (κ2) is 14.0. The van der Waals surface area contributed by atoms with Crippen LogP contribution >= 0.6 is 9.12 Å². The minimum absolute atomic E-state index is 0.175. The highest BCUT2D eigenvalue weighted by atomic mass is 31.0. The Morgan fingerprint density at radius 2 is 1.56 bits per heavy atom. The third-order valence-corrected chi connectivity index (χ3v) is 6.24. The lowest BCUT2D eigenvalue weighted by molar-refractivity contribution is -0.145. The van der Waals surface area contributed by atoms with Crippen LogP contribution in [0.15, 0.2) is 36.4 Å². The van der Waals surface area contributed by atoms with Crippen LogP contribution in [0.1, 0.15) is 83.6 Å². The van der Waals surface area contributed by atoms with Gasteiger partial charge in [-0.1, -0.05) is 74.1 Å². The molecule has 5 heteroatoms. The Balaban J connectivity index is 0.00000249.